The Morgan fingerprint density at radius 2 is 1.00 bits per heavy atom. The van der Waals surface area contributed by atoms with Gasteiger partial charge < -0.3 is 10.2 Å². The lowest BCUT2D eigenvalue weighted by atomic mass is 9.72. The molecule has 0 spiro atoms. The lowest BCUT2D eigenvalue weighted by Gasteiger charge is -2.29. The van der Waals surface area contributed by atoms with Gasteiger partial charge in [0.25, 0.3) is 0 Å². The predicted molar refractivity (Wildman–Crippen MR) is 128 cm³/mol. The van der Waals surface area contributed by atoms with Gasteiger partial charge >= 0.3 is 0 Å². The highest BCUT2D eigenvalue weighted by Crippen LogP contribution is 2.44. The molecule has 2 aliphatic rings. The normalized spacial score (nSPS) is 15.7. The summed E-state index contributed by atoms with van der Waals surface area (Å²) in [4.78, 5) is 52.5. The van der Waals surface area contributed by atoms with E-state index in [1.54, 1.807) is 48.5 Å². The number of carbonyl (C=O) groups excluding carboxylic acids is 4. The molecule has 3 aromatic rings. The molecule has 7 heteroatoms. The van der Waals surface area contributed by atoms with E-state index in [1.165, 1.54) is 24.3 Å². The molecule has 0 fully saturated rings. The zero-order valence-electron chi connectivity index (χ0n) is 17.4. The number of hydrogen-bond donors (Lipinski definition) is 2. The second-order valence-corrected chi connectivity index (χ2v) is 8.84. The minimum atomic E-state index is -1.37. The van der Waals surface area contributed by atoms with Crippen molar-refractivity contribution in [3.8, 4) is 0 Å². The summed E-state index contributed by atoms with van der Waals surface area (Å²) in [7, 11) is 0. The van der Waals surface area contributed by atoms with Crippen LogP contribution in [0.3, 0.4) is 0 Å². The Kier molecular flexibility index (Phi) is 5.14. The monoisotopic (exact) mass is 514 g/mol. The summed E-state index contributed by atoms with van der Waals surface area (Å²) in [5, 5.41) is 22.3. The van der Waals surface area contributed by atoms with Gasteiger partial charge in [-0.2, -0.15) is 0 Å². The first-order chi connectivity index (χ1) is 16.3. The van der Waals surface area contributed by atoms with Crippen molar-refractivity contribution in [3.63, 3.8) is 0 Å². The molecule has 0 heterocycles. The molecule has 34 heavy (non-hydrogen) atoms. The van der Waals surface area contributed by atoms with Crippen LogP contribution in [0.25, 0.3) is 11.5 Å². The van der Waals surface area contributed by atoms with Gasteiger partial charge in [-0.05, 0) is 17.7 Å². The number of rotatable bonds is 3. The Balaban J connectivity index is 1.87. The summed E-state index contributed by atoms with van der Waals surface area (Å²) in [6.07, 6.45) is 0. The quantitative estimate of drug-likeness (QED) is 0.476. The van der Waals surface area contributed by atoms with Crippen LogP contribution in [0.5, 0.6) is 0 Å². The number of ketones is 4. The van der Waals surface area contributed by atoms with Crippen LogP contribution in [-0.4, -0.2) is 33.3 Å². The maximum absolute atomic E-state index is 13.3. The highest BCUT2D eigenvalue weighted by atomic mass is 79.9. The molecule has 0 atom stereocenters. The zero-order chi connectivity index (χ0) is 24.1. The van der Waals surface area contributed by atoms with Gasteiger partial charge in [-0.15, -0.1) is 0 Å². The lowest BCUT2D eigenvalue weighted by molar-refractivity contribution is -0.112. The molecular weight excluding hydrogens is 500 g/mol. The fourth-order valence-electron chi connectivity index (χ4n) is 4.47. The van der Waals surface area contributed by atoms with E-state index in [0.717, 1.165) is 0 Å². The van der Waals surface area contributed by atoms with Crippen LogP contribution in [0.4, 0.5) is 0 Å². The van der Waals surface area contributed by atoms with Gasteiger partial charge in [0, 0.05) is 32.6 Å². The van der Waals surface area contributed by atoms with E-state index in [9.17, 15) is 29.4 Å². The molecule has 0 aliphatic heterocycles. The Morgan fingerprint density at radius 3 is 1.44 bits per heavy atom. The number of fused-ring (bicyclic) bond motifs is 2. The van der Waals surface area contributed by atoms with Crippen LogP contribution in [0, 0.1) is 0 Å². The van der Waals surface area contributed by atoms with Crippen molar-refractivity contribution in [3.05, 3.63) is 116 Å². The van der Waals surface area contributed by atoms with Gasteiger partial charge in [-0.25, -0.2) is 0 Å². The smallest absolute Gasteiger partial charge is 0.234 e. The minimum Gasteiger partial charge on any atom is -0.507 e. The minimum absolute atomic E-state index is 0.0383. The molecule has 5 rings (SSSR count). The number of hydrogen-bond acceptors (Lipinski definition) is 6. The van der Waals surface area contributed by atoms with Crippen LogP contribution in [0.15, 0.2) is 88.4 Å². The second kappa shape index (κ2) is 8.04. The van der Waals surface area contributed by atoms with Crippen molar-refractivity contribution in [1.82, 2.24) is 0 Å². The van der Waals surface area contributed by atoms with E-state index in [-0.39, 0.29) is 33.4 Å². The summed E-state index contributed by atoms with van der Waals surface area (Å²) < 4.78 is 0.597. The average Bonchev–Trinajstić information content (AvgIpc) is 2.85. The number of allylic oxidation sites excluding steroid dienone is 2. The summed E-state index contributed by atoms with van der Waals surface area (Å²) in [5.41, 5.74) is -0.0617. The fourth-order valence-corrected chi connectivity index (χ4v) is 4.89. The van der Waals surface area contributed by atoms with Gasteiger partial charge in [-0.1, -0.05) is 76.6 Å². The van der Waals surface area contributed by atoms with Gasteiger partial charge in [-0.3, -0.25) is 19.2 Å². The summed E-state index contributed by atoms with van der Waals surface area (Å²) in [6, 6.07) is 18.7. The first-order valence-electron chi connectivity index (χ1n) is 10.3. The van der Waals surface area contributed by atoms with Gasteiger partial charge in [0.05, 0.1) is 11.1 Å². The molecule has 0 saturated carbocycles. The molecule has 0 bridgehead atoms. The third-order valence-electron chi connectivity index (χ3n) is 6.02. The highest BCUT2D eigenvalue weighted by molar-refractivity contribution is 9.10. The topological polar surface area (TPSA) is 109 Å². The molecular formula is C27H15BrO6. The van der Waals surface area contributed by atoms with Crippen LogP contribution in [0.2, 0.25) is 0 Å². The van der Waals surface area contributed by atoms with Crippen LogP contribution >= 0.6 is 15.9 Å². The summed E-state index contributed by atoms with van der Waals surface area (Å²) >= 11 is 3.35. The van der Waals surface area contributed by atoms with E-state index in [2.05, 4.69) is 15.9 Å². The maximum atomic E-state index is 13.3. The van der Waals surface area contributed by atoms with E-state index in [0.29, 0.717) is 10.0 Å². The molecule has 6 nitrogen and oxygen atoms in total. The Morgan fingerprint density at radius 1 is 0.559 bits per heavy atom. The maximum Gasteiger partial charge on any atom is 0.234 e. The van der Waals surface area contributed by atoms with E-state index < -0.39 is 40.6 Å². The molecule has 2 aliphatic carbocycles. The molecule has 0 aromatic heterocycles. The third kappa shape index (κ3) is 3.16. The van der Waals surface area contributed by atoms with Crippen molar-refractivity contribution in [2.45, 2.75) is 5.92 Å². The van der Waals surface area contributed by atoms with E-state index >= 15 is 0 Å². The molecule has 166 valence electrons. The lowest BCUT2D eigenvalue weighted by Crippen LogP contribution is -2.33. The van der Waals surface area contributed by atoms with Crippen molar-refractivity contribution in [2.75, 3.05) is 0 Å². The first-order valence-corrected chi connectivity index (χ1v) is 11.1. The third-order valence-corrected chi connectivity index (χ3v) is 6.52. The van der Waals surface area contributed by atoms with Crippen LogP contribution in [-0.2, 0) is 9.59 Å². The van der Waals surface area contributed by atoms with Crippen LogP contribution < -0.4 is 0 Å². The summed E-state index contributed by atoms with van der Waals surface area (Å²) in [6.45, 7) is 0. The Hall–Kier alpha value is -4.10. The first kappa shape index (κ1) is 21.7. The van der Waals surface area contributed by atoms with Gasteiger partial charge in [0.1, 0.15) is 11.5 Å². The number of aliphatic hydroxyl groups is 2. The van der Waals surface area contributed by atoms with Gasteiger partial charge in [0.15, 0.2) is 0 Å². The van der Waals surface area contributed by atoms with Crippen molar-refractivity contribution in [2.24, 2.45) is 0 Å². The largest absolute Gasteiger partial charge is 0.507 e. The van der Waals surface area contributed by atoms with E-state index in [1.807, 2.05) is 0 Å². The molecule has 3 aromatic carbocycles. The number of halogens is 1. The number of Topliss-reactive ketones (excluding diaryl/α,β-unsaturated/α-hetero) is 4. The summed E-state index contributed by atoms with van der Waals surface area (Å²) in [5.74, 6) is -6.06. The van der Waals surface area contributed by atoms with Gasteiger partial charge in [0.2, 0.25) is 23.1 Å². The number of aliphatic hydroxyl groups excluding tert-OH is 2. The van der Waals surface area contributed by atoms with E-state index in [4.69, 9.17) is 0 Å². The number of carbonyl (C=O) groups is 4. The molecule has 0 unspecified atom stereocenters. The molecule has 0 saturated heterocycles. The fraction of sp³-hybridized carbons (Fsp3) is 0.0370. The SMILES string of the molecule is O=C1C(=O)c2ccccc2C(O)=C1C(C1=C(O)c2ccccc2C(=O)C1=O)c1cccc(Br)c1. The zero-order valence-corrected chi connectivity index (χ0v) is 19.0. The Labute approximate surface area is 202 Å². The standard InChI is InChI=1S/C27H15BrO6/c28-14-7-5-6-13(12-14)19(20-22(29)15-8-1-3-10-17(15)24(31)26(20)33)21-23(30)16-9-2-4-11-18(16)25(32)27(21)34/h1-12,19,29-30H. The number of benzene rings is 3. The predicted octanol–water partition coefficient (Wildman–Crippen LogP) is 5.00. The Bertz CT molecular complexity index is 1420. The molecule has 0 radical (unpaired) electrons. The second-order valence-electron chi connectivity index (χ2n) is 7.92. The average molecular weight is 515 g/mol. The van der Waals surface area contributed by atoms with Crippen molar-refractivity contribution >= 4 is 50.6 Å². The van der Waals surface area contributed by atoms with Crippen LogP contribution in [0.1, 0.15) is 43.3 Å². The molecule has 2 N–H and O–H groups in total. The highest BCUT2D eigenvalue weighted by Gasteiger charge is 2.44. The molecule has 0 amide bonds. The van der Waals surface area contributed by atoms with Crippen molar-refractivity contribution in [1.29, 1.82) is 0 Å². The van der Waals surface area contributed by atoms with Crippen molar-refractivity contribution < 1.29 is 29.4 Å².